The fourth-order valence-corrected chi connectivity index (χ4v) is 10.5. The molecule has 4 aromatic carbocycles. The van der Waals surface area contributed by atoms with Crippen molar-refractivity contribution in [2.24, 2.45) is 29.6 Å². The number of nitrogens with one attached hydrogen (secondary N) is 7. The third-order valence-corrected chi connectivity index (χ3v) is 16.4. The SMILES string of the molecule is C=Cc1cc(C(=O)Nc2ccc(C(=N)NC(=O)OC(C)OC(=O)C(C)C)cc2)c(-c2ccc(C(=O)NCC3CC3/C=C/c3cc(C(=O)Nc4ccc(-c5noc(=O)[nH]5)cc4)c(-c4ccc(C(=O)NCC5CC5)nc4C(=O)OC(C)OC(=O)OC(C)C)cc3OC)nc2C(=O)OC(C)OC(=O)C(C)C)cc1OC. The molecule has 31 nitrogen and oxygen atoms in total. The predicted octanol–water partition coefficient (Wildman–Crippen LogP) is 10.9. The number of esters is 4. The average molecular weight is 1470 g/mol. The molecule has 2 aliphatic carbocycles. The third kappa shape index (κ3) is 21.0. The summed E-state index contributed by atoms with van der Waals surface area (Å²) < 4.78 is 53.1. The Hall–Kier alpha value is -12.8. The molecule has 2 saturated carbocycles. The number of hydrogen-bond donors (Lipinski definition) is 7. The van der Waals surface area contributed by atoms with Crippen LogP contribution in [-0.2, 0) is 42.7 Å². The van der Waals surface area contributed by atoms with Gasteiger partial charge in [0.2, 0.25) is 18.9 Å². The van der Waals surface area contributed by atoms with Crippen LogP contribution in [0.3, 0.4) is 0 Å². The summed E-state index contributed by atoms with van der Waals surface area (Å²) in [5, 5.41) is 25.8. The number of anilines is 2. The molecule has 31 heteroatoms. The number of rotatable bonds is 30. The maximum atomic E-state index is 14.8. The minimum absolute atomic E-state index is 0.0113. The van der Waals surface area contributed by atoms with Gasteiger partial charge in [-0.15, -0.1) is 0 Å². The zero-order valence-corrected chi connectivity index (χ0v) is 60.3. The molecule has 3 heterocycles. The van der Waals surface area contributed by atoms with E-state index in [1.54, 1.807) is 71.9 Å². The zero-order valence-electron chi connectivity index (χ0n) is 60.3. The number of nitrogens with zero attached hydrogens (tertiary/aromatic N) is 3. The Morgan fingerprint density at radius 1 is 0.589 bits per heavy atom. The molecule has 9 rings (SSSR count). The van der Waals surface area contributed by atoms with Gasteiger partial charge in [-0.25, -0.2) is 33.9 Å². The summed E-state index contributed by atoms with van der Waals surface area (Å²) in [4.78, 5) is 159. The zero-order chi connectivity index (χ0) is 77.5. The molecule has 560 valence electrons. The van der Waals surface area contributed by atoms with Crippen molar-refractivity contribution in [1.29, 1.82) is 5.41 Å². The number of benzene rings is 4. The summed E-state index contributed by atoms with van der Waals surface area (Å²) >= 11 is 0. The van der Waals surface area contributed by atoms with E-state index in [2.05, 4.69) is 57.8 Å². The van der Waals surface area contributed by atoms with Gasteiger partial charge in [0.15, 0.2) is 17.2 Å². The van der Waals surface area contributed by atoms with Gasteiger partial charge < -0.3 is 63.9 Å². The van der Waals surface area contributed by atoms with Crippen LogP contribution in [0.25, 0.3) is 45.8 Å². The van der Waals surface area contributed by atoms with Crippen LogP contribution in [0, 0.1) is 35.0 Å². The van der Waals surface area contributed by atoms with Gasteiger partial charge in [0.1, 0.15) is 28.7 Å². The molecule has 2 fully saturated rings. The molecule has 7 aromatic rings. The summed E-state index contributed by atoms with van der Waals surface area (Å²) in [7, 11) is 2.78. The summed E-state index contributed by atoms with van der Waals surface area (Å²) in [5.74, 6) is -7.90. The van der Waals surface area contributed by atoms with Crippen molar-refractivity contribution in [2.45, 2.75) is 107 Å². The van der Waals surface area contributed by atoms with Crippen LogP contribution < -0.4 is 41.8 Å². The second kappa shape index (κ2) is 35.1. The van der Waals surface area contributed by atoms with E-state index in [4.69, 9.17) is 48.0 Å². The third-order valence-electron chi connectivity index (χ3n) is 16.4. The smallest absolute Gasteiger partial charge is 0.496 e. The standard InChI is InChI=1S/C76H80N10O21/c1-13-44-31-56(66(87)80-50-22-18-45(19-23-50)64(77)84-74(95)105-41(9)102-71(92)38(4)5)54(33-60(44)98-11)52-27-29-59(83-62(52)72(93)103-40(8)101-70(91)37(2)3)69(90)79-36-49-30-47(49)16-17-48-32-57(67(88)81-51-24-20-46(21-25-51)65-85-75(96)107-86-65)55(34-61(48)99-12)53-26-28-58(68(89)78-35-43-14-15-43)82-63(53)73(94)104-42(10)106-76(97)100-39(6)7/h13,16-29,31-34,37-43,47,49H,1,14-15,30,35-36H2,2-12H3,(H,78,89)(H,79,90)(H,80,87)(H,81,88)(H2,77,84,95)(H,85,86,96)/b17-16+. The van der Waals surface area contributed by atoms with Gasteiger partial charge in [-0.1, -0.05) is 57.7 Å². The van der Waals surface area contributed by atoms with E-state index in [0.29, 0.717) is 41.3 Å². The first kappa shape index (κ1) is 78.3. The Bertz CT molecular complexity index is 4670. The molecule has 7 N–H and O–H groups in total. The number of carbonyl (C=O) groups is 10. The van der Waals surface area contributed by atoms with Crippen LogP contribution >= 0.6 is 0 Å². The molecular weight excluding hydrogens is 1390 g/mol. The maximum absolute atomic E-state index is 14.8. The van der Waals surface area contributed by atoms with Gasteiger partial charge in [-0.05, 0) is 148 Å². The highest BCUT2D eigenvalue weighted by Crippen LogP contribution is 2.42. The molecule has 0 bridgehead atoms. The molecule has 0 saturated heterocycles. The minimum Gasteiger partial charge on any atom is -0.496 e. The van der Waals surface area contributed by atoms with Crippen molar-refractivity contribution in [3.8, 4) is 45.1 Å². The van der Waals surface area contributed by atoms with Crippen LogP contribution in [0.1, 0.15) is 161 Å². The molecule has 3 aromatic heterocycles. The van der Waals surface area contributed by atoms with Crippen LogP contribution in [0.2, 0.25) is 0 Å². The number of hydrogen-bond acceptors (Lipinski definition) is 25. The lowest BCUT2D eigenvalue weighted by atomic mass is 9.94. The minimum atomic E-state index is -1.51. The van der Waals surface area contributed by atoms with Crippen molar-refractivity contribution in [3.63, 3.8) is 0 Å². The Morgan fingerprint density at radius 3 is 1.57 bits per heavy atom. The van der Waals surface area contributed by atoms with Crippen LogP contribution in [-0.4, -0.2) is 138 Å². The molecular formula is C76H80N10O21. The molecule has 5 amide bonds. The molecule has 5 atom stereocenters. The fraction of sp³-hybridized carbons (Fsp3) is 0.329. The van der Waals surface area contributed by atoms with E-state index in [9.17, 15) is 52.7 Å². The van der Waals surface area contributed by atoms with Gasteiger partial charge in [-0.2, -0.15) is 0 Å². The van der Waals surface area contributed by atoms with Gasteiger partial charge in [0, 0.05) is 101 Å². The number of H-pyrrole nitrogens is 1. The summed E-state index contributed by atoms with van der Waals surface area (Å²) in [6.45, 7) is 17.9. The second-order valence-corrected chi connectivity index (χ2v) is 25.7. The number of carbonyl (C=O) groups excluding carboxylic acids is 10. The highest BCUT2D eigenvalue weighted by atomic mass is 16.8. The first-order chi connectivity index (χ1) is 51.0. The van der Waals surface area contributed by atoms with Crippen molar-refractivity contribution in [3.05, 3.63) is 171 Å². The Labute approximate surface area is 613 Å². The predicted molar refractivity (Wildman–Crippen MR) is 386 cm³/mol. The number of alkyl carbamates (subject to hydrolysis) is 1. The van der Waals surface area contributed by atoms with Crippen LogP contribution in [0.4, 0.5) is 21.0 Å². The fourth-order valence-electron chi connectivity index (χ4n) is 10.5. The lowest BCUT2D eigenvalue weighted by molar-refractivity contribution is -0.170. The van der Waals surface area contributed by atoms with Gasteiger partial charge >= 0.3 is 41.9 Å². The Morgan fingerprint density at radius 2 is 1.08 bits per heavy atom. The lowest BCUT2D eigenvalue weighted by Crippen LogP contribution is -2.35. The van der Waals surface area contributed by atoms with Gasteiger partial charge in [0.05, 0.1) is 32.2 Å². The number of allylic oxidation sites excluding steroid dienone is 1. The first-order valence-corrected chi connectivity index (χ1v) is 34.0. The van der Waals surface area contributed by atoms with E-state index in [-0.39, 0.29) is 97.6 Å². The lowest BCUT2D eigenvalue weighted by Gasteiger charge is -2.19. The largest absolute Gasteiger partial charge is 0.511 e. The van der Waals surface area contributed by atoms with Gasteiger partial charge in [-0.3, -0.25) is 49.0 Å². The van der Waals surface area contributed by atoms with E-state index in [0.717, 1.165) is 12.8 Å². The number of methoxy groups -OCH3 is 2. The number of pyridine rings is 2. The summed E-state index contributed by atoms with van der Waals surface area (Å²) in [6, 6.07) is 23.6. The molecule has 0 radical (unpaired) electrons. The molecule has 107 heavy (non-hydrogen) atoms. The Kier molecular flexibility index (Phi) is 25.7. The summed E-state index contributed by atoms with van der Waals surface area (Å²) in [5.41, 5.74) is 0.740. The topological polar surface area (TPSA) is 422 Å². The van der Waals surface area contributed by atoms with Crippen molar-refractivity contribution >= 4 is 89.1 Å². The number of amidine groups is 1. The van der Waals surface area contributed by atoms with Crippen molar-refractivity contribution in [2.75, 3.05) is 37.9 Å². The molecule has 0 spiro atoms. The Balaban J connectivity index is 0.978. The van der Waals surface area contributed by atoms with Gasteiger partial charge in [0.25, 0.3) is 23.6 Å². The monoisotopic (exact) mass is 1470 g/mol. The van der Waals surface area contributed by atoms with Crippen molar-refractivity contribution < 1.29 is 95.1 Å². The van der Waals surface area contributed by atoms with Crippen LogP contribution in [0.15, 0.2) is 119 Å². The number of ether oxygens (including phenoxy) is 9. The van der Waals surface area contributed by atoms with E-state index < -0.39 is 114 Å². The summed E-state index contributed by atoms with van der Waals surface area (Å²) in [6.07, 6.45) is 0.544. The van der Waals surface area contributed by atoms with E-state index in [1.165, 1.54) is 114 Å². The maximum Gasteiger partial charge on any atom is 0.511 e. The van der Waals surface area contributed by atoms with Crippen molar-refractivity contribution in [1.82, 2.24) is 36.1 Å². The highest BCUT2D eigenvalue weighted by Gasteiger charge is 2.36. The number of aromatic amines is 1. The highest BCUT2D eigenvalue weighted by molar-refractivity contribution is 6.13. The molecule has 0 aliphatic heterocycles. The number of amides is 5. The molecule has 5 unspecified atom stereocenters. The second-order valence-electron chi connectivity index (χ2n) is 25.7. The normalized spacial score (nSPS) is 14.4. The van der Waals surface area contributed by atoms with E-state index in [1.807, 2.05) is 6.08 Å². The van der Waals surface area contributed by atoms with E-state index >= 15 is 0 Å². The quantitative estimate of drug-likeness (QED) is 0.00723. The number of aromatic nitrogens is 4. The molecule has 2 aliphatic rings. The van der Waals surface area contributed by atoms with Crippen LogP contribution in [0.5, 0.6) is 11.5 Å². The first-order valence-electron chi connectivity index (χ1n) is 34.0. The average Bonchev–Trinajstić information content (AvgIpc) is 1.75.